The van der Waals surface area contributed by atoms with E-state index in [4.69, 9.17) is 16.6 Å². The van der Waals surface area contributed by atoms with E-state index in [1.165, 1.54) is 48.3 Å². The second kappa shape index (κ2) is 10.7. The fourth-order valence-electron chi connectivity index (χ4n) is 4.44. The first kappa shape index (κ1) is 23.1. The lowest BCUT2D eigenvalue weighted by molar-refractivity contribution is -0.137. The van der Waals surface area contributed by atoms with Crippen molar-refractivity contribution < 1.29 is 13.2 Å². The number of halogens is 4. The van der Waals surface area contributed by atoms with E-state index >= 15 is 0 Å². The van der Waals surface area contributed by atoms with Crippen LogP contribution in [-0.4, -0.2) is 4.98 Å². The zero-order chi connectivity index (χ0) is 21.6. The van der Waals surface area contributed by atoms with Gasteiger partial charge in [0.25, 0.3) is 0 Å². The molecule has 0 unspecified atom stereocenters. The molecule has 5 heteroatoms. The maximum Gasteiger partial charge on any atom is 0.417 e. The molecule has 1 aliphatic carbocycles. The highest BCUT2D eigenvalue weighted by molar-refractivity contribution is 6.31. The van der Waals surface area contributed by atoms with Crippen molar-refractivity contribution in [2.75, 3.05) is 0 Å². The number of aryl methyl sites for hydroxylation is 3. The Labute approximate surface area is 183 Å². The minimum Gasteiger partial charge on any atom is -0.258 e. The molecule has 1 aromatic heterocycles. The number of benzene rings is 1. The first-order valence-corrected chi connectivity index (χ1v) is 11.6. The largest absolute Gasteiger partial charge is 0.417 e. The van der Waals surface area contributed by atoms with Crippen molar-refractivity contribution >= 4 is 11.6 Å². The predicted molar refractivity (Wildman–Crippen MR) is 117 cm³/mol. The van der Waals surface area contributed by atoms with Crippen LogP contribution in [0.3, 0.4) is 0 Å². The number of rotatable bonds is 9. The SMILES string of the molecule is CC[C@H](CCCCCCc1ccc2c(n1)CCCC2)c1ccc(Cl)c(C(F)(F)F)c1. The molecule has 0 saturated carbocycles. The molecule has 1 aromatic carbocycles. The van der Waals surface area contributed by atoms with E-state index in [1.807, 2.05) is 6.92 Å². The molecule has 2 aromatic rings. The molecule has 164 valence electrons. The summed E-state index contributed by atoms with van der Waals surface area (Å²) in [5.74, 6) is 0.144. The van der Waals surface area contributed by atoms with Gasteiger partial charge in [-0.25, -0.2) is 0 Å². The first-order valence-electron chi connectivity index (χ1n) is 11.2. The normalized spacial score (nSPS) is 15.1. The highest BCUT2D eigenvalue weighted by atomic mass is 35.5. The Morgan fingerprint density at radius 2 is 1.77 bits per heavy atom. The number of alkyl halides is 3. The number of fused-ring (bicyclic) bond motifs is 1. The third-order valence-corrected chi connectivity index (χ3v) is 6.56. The number of hydrogen-bond donors (Lipinski definition) is 0. The predicted octanol–water partition coefficient (Wildman–Crippen LogP) is 8.32. The highest BCUT2D eigenvalue weighted by Gasteiger charge is 2.33. The maximum absolute atomic E-state index is 13.1. The Morgan fingerprint density at radius 1 is 1.00 bits per heavy atom. The average molecular weight is 438 g/mol. The van der Waals surface area contributed by atoms with Crippen LogP contribution in [0.2, 0.25) is 5.02 Å². The molecule has 3 rings (SSSR count). The van der Waals surface area contributed by atoms with Gasteiger partial charge in [0.15, 0.2) is 0 Å². The van der Waals surface area contributed by atoms with Gasteiger partial charge in [0.2, 0.25) is 0 Å². The fourth-order valence-corrected chi connectivity index (χ4v) is 4.66. The van der Waals surface area contributed by atoms with Crippen molar-refractivity contribution in [3.05, 3.63) is 63.4 Å². The van der Waals surface area contributed by atoms with Gasteiger partial charge in [0.05, 0.1) is 10.6 Å². The number of pyridine rings is 1. The second-order valence-corrected chi connectivity index (χ2v) is 8.82. The summed E-state index contributed by atoms with van der Waals surface area (Å²) in [5, 5.41) is -0.225. The molecule has 1 nitrogen and oxygen atoms in total. The lowest BCUT2D eigenvalue weighted by Crippen LogP contribution is -2.08. The van der Waals surface area contributed by atoms with Crippen molar-refractivity contribution in [3.63, 3.8) is 0 Å². The molecule has 1 atom stereocenters. The van der Waals surface area contributed by atoms with Crippen molar-refractivity contribution in [2.45, 2.75) is 89.6 Å². The molecule has 30 heavy (non-hydrogen) atoms. The Kier molecular flexibility index (Phi) is 8.21. The lowest BCUT2D eigenvalue weighted by atomic mass is 9.89. The molecule has 0 fully saturated rings. The average Bonchev–Trinajstić information content (AvgIpc) is 2.73. The lowest BCUT2D eigenvalue weighted by Gasteiger charge is -2.18. The summed E-state index contributed by atoms with van der Waals surface area (Å²) in [7, 11) is 0. The molecule has 0 amide bonds. The Morgan fingerprint density at radius 3 is 2.53 bits per heavy atom. The van der Waals surface area contributed by atoms with Crippen LogP contribution in [0.1, 0.15) is 92.3 Å². The Bertz CT molecular complexity index is 832. The zero-order valence-corrected chi connectivity index (χ0v) is 18.5. The van der Waals surface area contributed by atoms with E-state index in [2.05, 4.69) is 12.1 Å². The van der Waals surface area contributed by atoms with Crippen molar-refractivity contribution in [1.29, 1.82) is 0 Å². The number of unbranched alkanes of at least 4 members (excludes halogenated alkanes) is 3. The van der Waals surface area contributed by atoms with E-state index < -0.39 is 11.7 Å². The molecule has 0 aliphatic heterocycles. The van der Waals surface area contributed by atoms with E-state index in [-0.39, 0.29) is 10.9 Å². The van der Waals surface area contributed by atoms with Gasteiger partial charge in [-0.2, -0.15) is 13.2 Å². The van der Waals surface area contributed by atoms with Crippen LogP contribution in [0.5, 0.6) is 0 Å². The summed E-state index contributed by atoms with van der Waals surface area (Å²) in [6.45, 7) is 2.04. The van der Waals surface area contributed by atoms with Gasteiger partial charge in [-0.05, 0) is 86.6 Å². The van der Waals surface area contributed by atoms with Crippen molar-refractivity contribution in [3.8, 4) is 0 Å². The quantitative estimate of drug-likeness (QED) is 0.359. The summed E-state index contributed by atoms with van der Waals surface area (Å²) in [6.07, 6.45) is 7.52. The van der Waals surface area contributed by atoms with Gasteiger partial charge in [-0.3, -0.25) is 4.98 Å². The molecule has 0 N–H and O–H groups in total. The minimum absolute atomic E-state index is 0.144. The van der Waals surface area contributed by atoms with Crippen LogP contribution in [0.4, 0.5) is 13.2 Å². The van der Waals surface area contributed by atoms with E-state index in [9.17, 15) is 13.2 Å². The van der Waals surface area contributed by atoms with Crippen LogP contribution in [0.25, 0.3) is 0 Å². The molecule has 1 aliphatic rings. The van der Waals surface area contributed by atoms with E-state index in [1.54, 1.807) is 6.07 Å². The molecular weight excluding hydrogens is 407 g/mol. The summed E-state index contributed by atoms with van der Waals surface area (Å²) in [5.41, 5.74) is 3.94. The summed E-state index contributed by atoms with van der Waals surface area (Å²) in [4.78, 5) is 4.84. The standard InChI is InChI=1S/C25H31ClF3N/c1-2-18(20-14-16-23(26)22(17-20)25(27,28)29)9-5-3-4-6-11-21-15-13-19-10-7-8-12-24(19)30-21/h13-18H,2-12H2,1H3/t18-/m1/s1. The van der Waals surface area contributed by atoms with Gasteiger partial charge in [0, 0.05) is 11.4 Å². The van der Waals surface area contributed by atoms with Crippen LogP contribution in [0.15, 0.2) is 30.3 Å². The second-order valence-electron chi connectivity index (χ2n) is 8.41. The monoisotopic (exact) mass is 437 g/mol. The van der Waals surface area contributed by atoms with Gasteiger partial charge in [-0.15, -0.1) is 0 Å². The van der Waals surface area contributed by atoms with E-state index in [0.29, 0.717) is 0 Å². The van der Waals surface area contributed by atoms with E-state index in [0.717, 1.165) is 56.9 Å². The number of hydrogen-bond acceptors (Lipinski definition) is 1. The smallest absolute Gasteiger partial charge is 0.258 e. The molecule has 0 spiro atoms. The van der Waals surface area contributed by atoms with Crippen molar-refractivity contribution in [2.24, 2.45) is 0 Å². The third-order valence-electron chi connectivity index (χ3n) is 6.23. The first-order chi connectivity index (χ1) is 14.4. The summed E-state index contributed by atoms with van der Waals surface area (Å²) in [6, 6.07) is 8.79. The third kappa shape index (κ3) is 6.23. The van der Waals surface area contributed by atoms with Crippen LogP contribution < -0.4 is 0 Å². The number of nitrogens with zero attached hydrogens (tertiary/aromatic N) is 1. The van der Waals surface area contributed by atoms with Crippen LogP contribution in [-0.2, 0) is 25.4 Å². The molecular formula is C25H31ClF3N. The zero-order valence-electron chi connectivity index (χ0n) is 17.7. The molecule has 0 bridgehead atoms. The minimum atomic E-state index is -4.41. The maximum atomic E-state index is 13.1. The molecule has 0 saturated heterocycles. The fraction of sp³-hybridized carbons (Fsp3) is 0.560. The molecule has 0 radical (unpaired) electrons. The Hall–Kier alpha value is -1.55. The molecule has 1 heterocycles. The van der Waals surface area contributed by atoms with Gasteiger partial charge in [0.1, 0.15) is 0 Å². The highest BCUT2D eigenvalue weighted by Crippen LogP contribution is 2.37. The van der Waals surface area contributed by atoms with Gasteiger partial charge >= 0.3 is 6.18 Å². The summed E-state index contributed by atoms with van der Waals surface area (Å²) < 4.78 is 39.4. The number of aromatic nitrogens is 1. The van der Waals surface area contributed by atoms with Crippen LogP contribution in [0, 0.1) is 0 Å². The van der Waals surface area contributed by atoms with Gasteiger partial charge < -0.3 is 0 Å². The van der Waals surface area contributed by atoms with Crippen LogP contribution >= 0.6 is 11.6 Å². The van der Waals surface area contributed by atoms with Gasteiger partial charge in [-0.1, -0.05) is 49.9 Å². The van der Waals surface area contributed by atoms with Crippen molar-refractivity contribution in [1.82, 2.24) is 4.98 Å². The summed E-state index contributed by atoms with van der Waals surface area (Å²) >= 11 is 5.75. The Balaban J connectivity index is 1.43. The topological polar surface area (TPSA) is 12.9 Å².